The van der Waals surface area contributed by atoms with Crippen LogP contribution in [-0.2, 0) is 6.54 Å². The van der Waals surface area contributed by atoms with Crippen LogP contribution in [0.15, 0.2) is 16.8 Å². The summed E-state index contributed by atoms with van der Waals surface area (Å²) in [5.41, 5.74) is 2.44. The molecule has 0 aromatic carbocycles. The Labute approximate surface area is 103 Å². The molecule has 1 N–H and O–H groups in total. The third-order valence-corrected chi connectivity index (χ3v) is 4.68. The zero-order valence-electron chi connectivity index (χ0n) is 9.19. The molecule has 2 heterocycles. The van der Waals surface area contributed by atoms with Crippen molar-refractivity contribution in [2.24, 2.45) is 0 Å². The van der Waals surface area contributed by atoms with Gasteiger partial charge >= 0.3 is 0 Å². The van der Waals surface area contributed by atoms with E-state index >= 15 is 0 Å². The number of hydrogen-bond acceptors (Lipinski definition) is 4. The van der Waals surface area contributed by atoms with Gasteiger partial charge in [-0.2, -0.15) is 11.3 Å². The normalized spacial score (nSPS) is 15.6. The maximum absolute atomic E-state index is 4.64. The topological polar surface area (TPSA) is 24.9 Å². The van der Waals surface area contributed by atoms with Crippen molar-refractivity contribution in [3.63, 3.8) is 0 Å². The summed E-state index contributed by atoms with van der Waals surface area (Å²) in [6.45, 7) is 3.09. The number of nitrogens with zero attached hydrogens (tertiary/aromatic N) is 1. The van der Waals surface area contributed by atoms with Crippen LogP contribution < -0.4 is 5.32 Å². The van der Waals surface area contributed by atoms with Crippen LogP contribution in [0.1, 0.15) is 23.4 Å². The van der Waals surface area contributed by atoms with Gasteiger partial charge in [-0.15, -0.1) is 11.3 Å². The van der Waals surface area contributed by atoms with Crippen LogP contribution in [-0.4, -0.2) is 11.0 Å². The van der Waals surface area contributed by atoms with Crippen molar-refractivity contribution >= 4 is 22.7 Å². The third kappa shape index (κ3) is 2.19. The first kappa shape index (κ1) is 10.4. The van der Waals surface area contributed by atoms with Gasteiger partial charge in [0.25, 0.3) is 0 Å². The van der Waals surface area contributed by atoms with Crippen LogP contribution in [0.25, 0.3) is 10.6 Å². The lowest BCUT2D eigenvalue weighted by atomic mass is 10.3. The molecule has 0 spiro atoms. The summed E-state index contributed by atoms with van der Waals surface area (Å²) in [4.78, 5) is 6.02. The number of thiophene rings is 1. The Bertz CT molecular complexity index is 469. The van der Waals surface area contributed by atoms with Crippen LogP contribution in [0.3, 0.4) is 0 Å². The van der Waals surface area contributed by atoms with Gasteiger partial charge in [0.2, 0.25) is 0 Å². The van der Waals surface area contributed by atoms with Gasteiger partial charge in [-0.3, -0.25) is 0 Å². The molecule has 1 aliphatic carbocycles. The number of aryl methyl sites for hydroxylation is 1. The van der Waals surface area contributed by atoms with Gasteiger partial charge in [0.05, 0.1) is 5.69 Å². The molecule has 0 atom stereocenters. The predicted molar refractivity (Wildman–Crippen MR) is 70.0 cm³/mol. The van der Waals surface area contributed by atoms with Gasteiger partial charge in [-0.1, -0.05) is 0 Å². The van der Waals surface area contributed by atoms with E-state index in [1.807, 2.05) is 11.3 Å². The minimum Gasteiger partial charge on any atom is -0.309 e. The molecule has 2 nitrogen and oxygen atoms in total. The molecule has 1 saturated carbocycles. The maximum atomic E-state index is 4.64. The fourth-order valence-electron chi connectivity index (χ4n) is 1.63. The van der Waals surface area contributed by atoms with E-state index in [2.05, 4.69) is 34.1 Å². The fourth-order valence-corrected chi connectivity index (χ4v) is 3.35. The summed E-state index contributed by atoms with van der Waals surface area (Å²) >= 11 is 3.55. The van der Waals surface area contributed by atoms with Crippen molar-refractivity contribution in [2.45, 2.75) is 32.4 Å². The van der Waals surface area contributed by atoms with E-state index in [4.69, 9.17) is 0 Å². The van der Waals surface area contributed by atoms with E-state index in [1.165, 1.54) is 29.0 Å². The Morgan fingerprint density at radius 3 is 3.06 bits per heavy atom. The van der Waals surface area contributed by atoms with Crippen LogP contribution in [0.2, 0.25) is 0 Å². The lowest BCUT2D eigenvalue weighted by Crippen LogP contribution is -2.14. The van der Waals surface area contributed by atoms with Crippen LogP contribution >= 0.6 is 22.7 Å². The lowest BCUT2D eigenvalue weighted by molar-refractivity contribution is 0.691. The highest BCUT2D eigenvalue weighted by molar-refractivity contribution is 7.15. The molecule has 1 fully saturated rings. The summed E-state index contributed by atoms with van der Waals surface area (Å²) in [5, 5.41) is 8.97. The van der Waals surface area contributed by atoms with Gasteiger partial charge in [-0.25, -0.2) is 4.98 Å². The predicted octanol–water partition coefficient (Wildman–Crippen LogP) is 3.43. The van der Waals surface area contributed by atoms with E-state index in [1.54, 1.807) is 11.3 Å². The second-order valence-corrected chi connectivity index (χ2v) is 6.06. The monoisotopic (exact) mass is 250 g/mol. The molecule has 16 heavy (non-hydrogen) atoms. The summed E-state index contributed by atoms with van der Waals surface area (Å²) in [7, 11) is 0. The van der Waals surface area contributed by atoms with Crippen molar-refractivity contribution < 1.29 is 0 Å². The number of aromatic nitrogens is 1. The zero-order chi connectivity index (χ0) is 11.0. The zero-order valence-corrected chi connectivity index (χ0v) is 10.8. The first-order chi connectivity index (χ1) is 7.83. The molecule has 3 rings (SSSR count). The number of thiazole rings is 1. The molecule has 2 aromatic heterocycles. The molecule has 2 aromatic rings. The highest BCUT2D eigenvalue weighted by Crippen LogP contribution is 2.30. The molecule has 0 bridgehead atoms. The number of rotatable bonds is 4. The average molecular weight is 250 g/mol. The molecular formula is C12H14N2S2. The average Bonchev–Trinajstić information content (AvgIpc) is 2.80. The van der Waals surface area contributed by atoms with Gasteiger partial charge < -0.3 is 5.32 Å². The smallest absolute Gasteiger partial charge is 0.124 e. The molecule has 0 unspecified atom stereocenters. The minimum absolute atomic E-state index is 0.770. The van der Waals surface area contributed by atoms with Gasteiger partial charge in [0.15, 0.2) is 0 Å². The van der Waals surface area contributed by atoms with Crippen molar-refractivity contribution in [3.8, 4) is 10.6 Å². The molecular weight excluding hydrogens is 236 g/mol. The molecule has 84 valence electrons. The maximum Gasteiger partial charge on any atom is 0.124 e. The summed E-state index contributed by atoms with van der Waals surface area (Å²) in [5.74, 6) is 0. The highest BCUT2D eigenvalue weighted by atomic mass is 32.1. The fraction of sp³-hybridized carbons (Fsp3) is 0.417. The number of hydrogen-bond donors (Lipinski definition) is 1. The van der Waals surface area contributed by atoms with E-state index in [9.17, 15) is 0 Å². The Kier molecular flexibility index (Phi) is 2.79. The highest BCUT2D eigenvalue weighted by Gasteiger charge is 2.21. The van der Waals surface area contributed by atoms with Crippen LogP contribution in [0.4, 0.5) is 0 Å². The molecule has 4 heteroatoms. The van der Waals surface area contributed by atoms with Gasteiger partial charge in [0.1, 0.15) is 5.01 Å². The molecule has 0 aliphatic heterocycles. The van der Waals surface area contributed by atoms with Crippen molar-refractivity contribution in [1.29, 1.82) is 0 Å². The molecule has 1 aliphatic rings. The van der Waals surface area contributed by atoms with Gasteiger partial charge in [0, 0.05) is 28.4 Å². The van der Waals surface area contributed by atoms with E-state index in [0.717, 1.165) is 17.6 Å². The Morgan fingerprint density at radius 2 is 2.38 bits per heavy atom. The first-order valence-corrected chi connectivity index (χ1v) is 7.31. The Balaban J connectivity index is 1.78. The SMILES string of the molecule is Cc1nc(-c2ccsc2)sc1CNC1CC1. The second-order valence-electron chi connectivity index (χ2n) is 4.19. The van der Waals surface area contributed by atoms with E-state index < -0.39 is 0 Å². The summed E-state index contributed by atoms with van der Waals surface area (Å²) in [6.07, 6.45) is 2.68. The van der Waals surface area contributed by atoms with Gasteiger partial charge in [-0.05, 0) is 31.2 Å². The third-order valence-electron chi connectivity index (χ3n) is 2.79. The van der Waals surface area contributed by atoms with Crippen molar-refractivity contribution in [1.82, 2.24) is 10.3 Å². The molecule has 0 radical (unpaired) electrons. The van der Waals surface area contributed by atoms with E-state index in [-0.39, 0.29) is 0 Å². The summed E-state index contributed by atoms with van der Waals surface area (Å²) < 4.78 is 0. The number of nitrogens with one attached hydrogen (secondary N) is 1. The van der Waals surface area contributed by atoms with Crippen LogP contribution in [0, 0.1) is 6.92 Å². The first-order valence-electron chi connectivity index (χ1n) is 5.55. The van der Waals surface area contributed by atoms with E-state index in [0.29, 0.717) is 0 Å². The standard InChI is InChI=1S/C12H14N2S2/c1-8-11(6-13-10-2-3-10)16-12(14-8)9-4-5-15-7-9/h4-5,7,10,13H,2-3,6H2,1H3. The largest absolute Gasteiger partial charge is 0.309 e. The summed E-state index contributed by atoms with van der Waals surface area (Å²) in [6, 6.07) is 2.91. The quantitative estimate of drug-likeness (QED) is 0.899. The van der Waals surface area contributed by atoms with Crippen LogP contribution in [0.5, 0.6) is 0 Å². The minimum atomic E-state index is 0.770. The molecule has 0 saturated heterocycles. The second kappa shape index (κ2) is 4.28. The van der Waals surface area contributed by atoms with Crippen molar-refractivity contribution in [2.75, 3.05) is 0 Å². The Morgan fingerprint density at radius 1 is 1.50 bits per heavy atom. The molecule has 0 amide bonds. The lowest BCUT2D eigenvalue weighted by Gasteiger charge is -1.99. The Hall–Kier alpha value is -0.710. The van der Waals surface area contributed by atoms with Crippen molar-refractivity contribution in [3.05, 3.63) is 27.4 Å².